The number of ether oxygens (including phenoxy) is 6. The van der Waals surface area contributed by atoms with E-state index in [1.54, 1.807) is 12.1 Å². The molecular formula is C34H37NO9. The van der Waals surface area contributed by atoms with E-state index in [0.29, 0.717) is 17.1 Å². The molecule has 1 fully saturated rings. The molecule has 3 aromatic carbocycles. The summed E-state index contributed by atoms with van der Waals surface area (Å²) in [6.45, 7) is 4.45. The van der Waals surface area contributed by atoms with E-state index in [1.165, 1.54) is 14.2 Å². The Hall–Kier alpha value is -4.44. The van der Waals surface area contributed by atoms with Gasteiger partial charge >= 0.3 is 11.9 Å². The number of esters is 2. The van der Waals surface area contributed by atoms with Crippen molar-refractivity contribution >= 4 is 11.9 Å². The molecule has 0 saturated carbocycles. The third kappa shape index (κ3) is 5.27. The number of nitrogens with one attached hydrogen (secondary N) is 1. The number of aromatic hydroxyl groups is 1. The zero-order valence-electron chi connectivity index (χ0n) is 25.2. The number of hydrogen-bond donors (Lipinski definition) is 2. The van der Waals surface area contributed by atoms with E-state index >= 15 is 0 Å². The van der Waals surface area contributed by atoms with Gasteiger partial charge in [-0.25, -0.2) is 0 Å². The van der Waals surface area contributed by atoms with Crippen LogP contribution in [0.3, 0.4) is 0 Å². The molecular weight excluding hydrogens is 566 g/mol. The van der Waals surface area contributed by atoms with Crippen LogP contribution in [0.2, 0.25) is 0 Å². The fourth-order valence-electron chi connectivity index (χ4n) is 6.58. The van der Waals surface area contributed by atoms with Crippen LogP contribution in [0.1, 0.15) is 54.5 Å². The summed E-state index contributed by atoms with van der Waals surface area (Å²) in [7, 11) is 2.92. The molecule has 2 aliphatic heterocycles. The molecule has 0 aromatic heterocycles. The van der Waals surface area contributed by atoms with Crippen LogP contribution in [-0.4, -0.2) is 50.7 Å². The number of rotatable bonds is 10. The first-order valence-electron chi connectivity index (χ1n) is 14.9. The van der Waals surface area contributed by atoms with E-state index in [9.17, 15) is 14.7 Å². The molecule has 1 aliphatic carbocycles. The van der Waals surface area contributed by atoms with Gasteiger partial charge in [-0.15, -0.1) is 0 Å². The Morgan fingerprint density at radius 2 is 1.66 bits per heavy atom. The summed E-state index contributed by atoms with van der Waals surface area (Å²) in [6.07, 6.45) is 0.734. The maximum atomic E-state index is 13.6. The van der Waals surface area contributed by atoms with E-state index in [4.69, 9.17) is 28.4 Å². The second kappa shape index (κ2) is 12.3. The van der Waals surface area contributed by atoms with Gasteiger partial charge in [0.2, 0.25) is 12.5 Å². The highest BCUT2D eigenvalue weighted by molar-refractivity contribution is 5.80. The van der Waals surface area contributed by atoms with Crippen LogP contribution >= 0.6 is 0 Å². The van der Waals surface area contributed by atoms with Crippen molar-refractivity contribution < 1.29 is 43.1 Å². The summed E-state index contributed by atoms with van der Waals surface area (Å²) in [4.78, 5) is 27.1. The van der Waals surface area contributed by atoms with Crippen LogP contribution in [0, 0.1) is 17.8 Å². The minimum absolute atomic E-state index is 0.0597. The molecule has 6 atom stereocenters. The number of phenolic OH excluding ortho intramolecular Hbond substituents is 1. The lowest BCUT2D eigenvalue weighted by molar-refractivity contribution is -0.149. The minimum atomic E-state index is -0.645. The number of carbonyl (C=O) groups is 2. The Bertz CT molecular complexity index is 1520. The van der Waals surface area contributed by atoms with Gasteiger partial charge in [-0.3, -0.25) is 14.9 Å². The van der Waals surface area contributed by atoms with Crippen LogP contribution in [0.15, 0.2) is 54.6 Å². The van der Waals surface area contributed by atoms with E-state index in [-0.39, 0.29) is 61.0 Å². The van der Waals surface area contributed by atoms with Crippen molar-refractivity contribution in [3.05, 3.63) is 76.9 Å². The summed E-state index contributed by atoms with van der Waals surface area (Å²) in [6, 6.07) is 15.7. The molecule has 2 heterocycles. The molecule has 2 N–H and O–H groups in total. The number of hydrogen-bond acceptors (Lipinski definition) is 10. The van der Waals surface area contributed by atoms with Gasteiger partial charge in [-0.2, -0.15) is 0 Å². The predicted molar refractivity (Wildman–Crippen MR) is 159 cm³/mol. The summed E-state index contributed by atoms with van der Waals surface area (Å²) in [5.41, 5.74) is 3.30. The Morgan fingerprint density at radius 3 is 2.30 bits per heavy atom. The maximum absolute atomic E-state index is 13.6. The van der Waals surface area contributed by atoms with Gasteiger partial charge in [-0.05, 0) is 52.4 Å². The number of phenols is 1. The molecule has 6 rings (SSSR count). The Labute approximate surface area is 256 Å². The Morgan fingerprint density at radius 1 is 1.00 bits per heavy atom. The van der Waals surface area contributed by atoms with Crippen molar-refractivity contribution in [2.24, 2.45) is 17.8 Å². The summed E-state index contributed by atoms with van der Waals surface area (Å²) in [5.74, 6) is -0.682. The summed E-state index contributed by atoms with van der Waals surface area (Å²) >= 11 is 0. The third-order valence-corrected chi connectivity index (χ3v) is 9.10. The monoisotopic (exact) mass is 603 g/mol. The second-order valence-electron chi connectivity index (χ2n) is 11.5. The van der Waals surface area contributed by atoms with Crippen molar-refractivity contribution in [1.29, 1.82) is 0 Å². The second-order valence-corrected chi connectivity index (χ2v) is 11.5. The van der Waals surface area contributed by atoms with Gasteiger partial charge in [-0.1, -0.05) is 50.6 Å². The van der Waals surface area contributed by atoms with E-state index in [0.717, 1.165) is 23.1 Å². The highest BCUT2D eigenvalue weighted by atomic mass is 16.7. The SMILES string of the molecule is CCC(C)C(N[C@@H]1c2cc3c(cc2[C@@H](c2cc(OC)c(O)c(OC)c2)[C@H]2C(=O)OCC12)OCO3)C(=O)OCc1ccccc1. The number of carbonyl (C=O) groups excluding carboxylic acids is 2. The fourth-order valence-corrected chi connectivity index (χ4v) is 6.58. The molecule has 10 nitrogen and oxygen atoms in total. The van der Waals surface area contributed by atoms with Crippen molar-refractivity contribution in [2.45, 2.75) is 44.9 Å². The largest absolute Gasteiger partial charge is 0.502 e. The van der Waals surface area contributed by atoms with Crippen molar-refractivity contribution in [3.8, 4) is 28.7 Å². The zero-order chi connectivity index (χ0) is 31.0. The molecule has 1 saturated heterocycles. The van der Waals surface area contributed by atoms with E-state index < -0.39 is 23.9 Å². The van der Waals surface area contributed by atoms with Gasteiger partial charge in [0.1, 0.15) is 12.6 Å². The standard InChI is InChI=1S/C34H37NO9/c1-5-18(2)30(34(38)41-15-19-9-7-6-8-10-19)35-31-22-14-25-24(43-17-44-25)13-21(22)28(29-23(31)16-42-33(29)37)20-11-26(39-3)32(36)27(12-20)40-4/h6-14,18,23,28-31,35-36H,5,15-17H2,1-4H3/t18?,23?,28-,29+,30?,31-/m1/s1. The number of methoxy groups -OCH3 is 2. The third-order valence-electron chi connectivity index (χ3n) is 9.10. The van der Waals surface area contributed by atoms with Crippen molar-refractivity contribution in [2.75, 3.05) is 27.6 Å². The summed E-state index contributed by atoms with van der Waals surface area (Å²) < 4.78 is 34.0. The van der Waals surface area contributed by atoms with Crippen LogP contribution < -0.4 is 24.3 Å². The van der Waals surface area contributed by atoms with E-state index in [2.05, 4.69) is 5.32 Å². The fraction of sp³-hybridized carbons (Fsp3) is 0.412. The van der Waals surface area contributed by atoms with Gasteiger partial charge < -0.3 is 33.5 Å². The average molecular weight is 604 g/mol. The maximum Gasteiger partial charge on any atom is 0.323 e. The lowest BCUT2D eigenvalue weighted by Gasteiger charge is -2.41. The molecule has 0 radical (unpaired) electrons. The van der Waals surface area contributed by atoms with Crippen LogP contribution in [0.5, 0.6) is 28.7 Å². The van der Waals surface area contributed by atoms with Gasteiger partial charge in [0.15, 0.2) is 23.0 Å². The zero-order valence-corrected chi connectivity index (χ0v) is 25.2. The Kier molecular flexibility index (Phi) is 8.27. The smallest absolute Gasteiger partial charge is 0.323 e. The van der Waals surface area contributed by atoms with Gasteiger partial charge in [0.25, 0.3) is 0 Å². The van der Waals surface area contributed by atoms with Gasteiger partial charge in [0.05, 0.1) is 26.7 Å². The number of fused-ring (bicyclic) bond motifs is 3. The number of benzene rings is 3. The number of cyclic esters (lactones) is 1. The highest BCUT2D eigenvalue weighted by Crippen LogP contribution is 2.55. The van der Waals surface area contributed by atoms with Crippen LogP contribution in [0.25, 0.3) is 0 Å². The molecule has 10 heteroatoms. The van der Waals surface area contributed by atoms with Crippen LogP contribution in [0.4, 0.5) is 0 Å². The van der Waals surface area contributed by atoms with Gasteiger partial charge in [0, 0.05) is 17.9 Å². The minimum Gasteiger partial charge on any atom is -0.502 e. The molecule has 0 bridgehead atoms. The molecule has 3 unspecified atom stereocenters. The first kappa shape index (κ1) is 29.6. The van der Waals surface area contributed by atoms with E-state index in [1.807, 2.05) is 56.3 Å². The average Bonchev–Trinajstić information content (AvgIpc) is 3.67. The molecule has 3 aliphatic rings. The van der Waals surface area contributed by atoms with Crippen molar-refractivity contribution in [1.82, 2.24) is 5.32 Å². The van der Waals surface area contributed by atoms with Crippen molar-refractivity contribution in [3.63, 3.8) is 0 Å². The molecule has 0 amide bonds. The first-order chi connectivity index (χ1) is 21.3. The normalized spacial score (nSPS) is 22.8. The lowest BCUT2D eigenvalue weighted by atomic mass is 9.65. The molecule has 232 valence electrons. The Balaban J connectivity index is 1.43. The topological polar surface area (TPSA) is 122 Å². The lowest BCUT2D eigenvalue weighted by Crippen LogP contribution is -2.49. The summed E-state index contributed by atoms with van der Waals surface area (Å²) in [5, 5.41) is 14.2. The first-order valence-corrected chi connectivity index (χ1v) is 14.9. The molecule has 0 spiro atoms. The highest BCUT2D eigenvalue weighted by Gasteiger charge is 2.53. The van der Waals surface area contributed by atoms with Crippen LogP contribution in [-0.2, 0) is 25.7 Å². The predicted octanol–water partition coefficient (Wildman–Crippen LogP) is 4.86. The molecule has 3 aromatic rings. The quantitative estimate of drug-likeness (QED) is 0.311. The molecule has 44 heavy (non-hydrogen) atoms.